The van der Waals surface area contributed by atoms with Crippen LogP contribution in [-0.4, -0.2) is 34.2 Å². The number of alkyl halides is 2. The molecule has 0 heterocycles. The van der Waals surface area contributed by atoms with E-state index in [9.17, 15) is 0 Å². The summed E-state index contributed by atoms with van der Waals surface area (Å²) in [4.78, 5) is 0. The van der Waals surface area contributed by atoms with Crippen molar-refractivity contribution in [2.75, 3.05) is 13.2 Å². The lowest BCUT2D eigenvalue weighted by Crippen LogP contribution is -1.94. The monoisotopic (exact) mass is 188 g/mol. The van der Waals surface area contributed by atoms with Crippen LogP contribution in [0.4, 0.5) is 0 Å². The van der Waals surface area contributed by atoms with Gasteiger partial charge >= 0.3 is 0 Å². The molecule has 4 heteroatoms. The van der Waals surface area contributed by atoms with Crippen molar-refractivity contribution >= 4 is 23.2 Å². The van der Waals surface area contributed by atoms with E-state index in [1.54, 1.807) is 13.8 Å². The zero-order valence-electron chi connectivity index (χ0n) is 6.22. The largest absolute Gasteiger partial charge is 0.395 e. The molecule has 0 fully saturated rings. The summed E-state index contributed by atoms with van der Waals surface area (Å²) in [6.45, 7) is 3.62. The third-order valence-electron chi connectivity index (χ3n) is 0.503. The van der Waals surface area contributed by atoms with Crippen LogP contribution < -0.4 is 0 Å². The van der Waals surface area contributed by atoms with Crippen LogP contribution in [0, 0.1) is 0 Å². The first-order valence-corrected chi connectivity index (χ1v) is 3.91. The van der Waals surface area contributed by atoms with Crippen LogP contribution in [-0.2, 0) is 0 Å². The molecular weight excluding hydrogens is 175 g/mol. The van der Waals surface area contributed by atoms with E-state index in [-0.39, 0.29) is 24.0 Å². The van der Waals surface area contributed by atoms with Crippen LogP contribution in [0.3, 0.4) is 0 Å². The molecular formula is C6H14Cl2O2. The molecule has 0 bridgehead atoms. The summed E-state index contributed by atoms with van der Waals surface area (Å²) in [5.74, 6) is 0. The van der Waals surface area contributed by atoms with Gasteiger partial charge in [-0.1, -0.05) is 0 Å². The zero-order valence-corrected chi connectivity index (χ0v) is 7.73. The third kappa shape index (κ3) is 23.6. The van der Waals surface area contributed by atoms with Gasteiger partial charge in [0.2, 0.25) is 0 Å². The zero-order chi connectivity index (χ0) is 8.57. The number of aliphatic hydroxyl groups is 2. The Balaban J connectivity index is 0. The average Bonchev–Trinajstić information content (AvgIpc) is 1.89. The summed E-state index contributed by atoms with van der Waals surface area (Å²) in [7, 11) is 0. The van der Waals surface area contributed by atoms with E-state index in [0.717, 1.165) is 0 Å². The van der Waals surface area contributed by atoms with Gasteiger partial charge in [0.25, 0.3) is 0 Å². The molecule has 0 aromatic rings. The van der Waals surface area contributed by atoms with Gasteiger partial charge in [0.05, 0.1) is 24.0 Å². The minimum Gasteiger partial charge on any atom is -0.395 e. The summed E-state index contributed by atoms with van der Waals surface area (Å²) >= 11 is 10.4. The van der Waals surface area contributed by atoms with Crippen LogP contribution in [0.1, 0.15) is 13.8 Å². The molecule has 0 rings (SSSR count). The van der Waals surface area contributed by atoms with Gasteiger partial charge in [-0.15, -0.1) is 23.2 Å². The number of rotatable bonds is 2. The van der Waals surface area contributed by atoms with Crippen LogP contribution in [0.5, 0.6) is 0 Å². The maximum atomic E-state index is 8.01. The Bertz CT molecular complexity index is 49.7. The molecule has 0 aliphatic carbocycles. The minimum absolute atomic E-state index is 0.0710. The molecule has 0 aliphatic heterocycles. The number of hydrogen-bond acceptors (Lipinski definition) is 2. The van der Waals surface area contributed by atoms with Crippen molar-refractivity contribution in [3.63, 3.8) is 0 Å². The normalized spacial score (nSPS) is 15.0. The Kier molecular flexibility index (Phi) is 12.5. The molecule has 64 valence electrons. The SMILES string of the molecule is CC(Cl)CO.CC(Cl)CO. The minimum atomic E-state index is -0.0880. The van der Waals surface area contributed by atoms with Crippen molar-refractivity contribution in [2.45, 2.75) is 24.6 Å². The first kappa shape index (κ1) is 13.1. The molecule has 2 atom stereocenters. The smallest absolute Gasteiger partial charge is 0.0592 e. The quantitative estimate of drug-likeness (QED) is 0.641. The molecule has 0 aromatic heterocycles. The van der Waals surface area contributed by atoms with Gasteiger partial charge in [0.1, 0.15) is 0 Å². The fourth-order valence-electron chi connectivity index (χ4n) is 0. The van der Waals surface area contributed by atoms with E-state index in [0.29, 0.717) is 0 Å². The lowest BCUT2D eigenvalue weighted by Gasteiger charge is -1.87. The Hall–Kier alpha value is 0.500. The standard InChI is InChI=1S/2C3H7ClO/c2*1-3(4)2-5/h2*3,5H,2H2,1H3. The summed E-state index contributed by atoms with van der Waals surface area (Å²) in [6.07, 6.45) is 0. The molecule has 0 radical (unpaired) electrons. The van der Waals surface area contributed by atoms with Crippen molar-refractivity contribution in [2.24, 2.45) is 0 Å². The first-order chi connectivity index (χ1) is 4.54. The fraction of sp³-hybridized carbons (Fsp3) is 1.00. The second-order valence-electron chi connectivity index (χ2n) is 1.93. The summed E-state index contributed by atoms with van der Waals surface area (Å²) < 4.78 is 0. The van der Waals surface area contributed by atoms with Crippen molar-refractivity contribution in [1.82, 2.24) is 0 Å². The van der Waals surface area contributed by atoms with Gasteiger partial charge in [-0.3, -0.25) is 0 Å². The maximum Gasteiger partial charge on any atom is 0.0592 e. The van der Waals surface area contributed by atoms with Gasteiger partial charge in [-0.05, 0) is 13.8 Å². The highest BCUT2D eigenvalue weighted by molar-refractivity contribution is 6.20. The van der Waals surface area contributed by atoms with E-state index in [1.165, 1.54) is 0 Å². The lowest BCUT2D eigenvalue weighted by molar-refractivity contribution is 0.298. The second-order valence-corrected chi connectivity index (χ2v) is 3.42. The van der Waals surface area contributed by atoms with Gasteiger partial charge < -0.3 is 10.2 Å². The number of hydrogen-bond donors (Lipinski definition) is 2. The number of halogens is 2. The van der Waals surface area contributed by atoms with Crippen molar-refractivity contribution in [3.05, 3.63) is 0 Å². The van der Waals surface area contributed by atoms with Crippen molar-refractivity contribution in [1.29, 1.82) is 0 Å². The molecule has 0 saturated heterocycles. The molecule has 0 aromatic carbocycles. The second kappa shape index (κ2) is 9.50. The van der Waals surface area contributed by atoms with E-state index in [2.05, 4.69) is 0 Å². The van der Waals surface area contributed by atoms with Crippen molar-refractivity contribution in [3.8, 4) is 0 Å². The predicted molar refractivity (Wildman–Crippen MR) is 44.8 cm³/mol. The summed E-state index contributed by atoms with van der Waals surface area (Å²) in [5, 5.41) is 15.8. The summed E-state index contributed by atoms with van der Waals surface area (Å²) in [6, 6.07) is 0. The first-order valence-electron chi connectivity index (χ1n) is 3.04. The molecule has 10 heavy (non-hydrogen) atoms. The lowest BCUT2D eigenvalue weighted by atomic mass is 10.5. The predicted octanol–water partition coefficient (Wildman–Crippen LogP) is 1.21. The van der Waals surface area contributed by atoms with Gasteiger partial charge in [-0.25, -0.2) is 0 Å². The van der Waals surface area contributed by atoms with E-state index >= 15 is 0 Å². The van der Waals surface area contributed by atoms with Crippen LogP contribution in [0.2, 0.25) is 0 Å². The number of aliphatic hydroxyl groups excluding tert-OH is 2. The highest BCUT2D eigenvalue weighted by atomic mass is 35.5. The third-order valence-corrected chi connectivity index (χ3v) is 0.779. The Morgan fingerprint density at radius 1 is 1.00 bits per heavy atom. The fourth-order valence-corrected chi connectivity index (χ4v) is 0. The molecule has 0 aliphatic rings. The molecule has 0 spiro atoms. The Morgan fingerprint density at radius 2 is 1.10 bits per heavy atom. The molecule has 2 nitrogen and oxygen atoms in total. The van der Waals surface area contributed by atoms with E-state index < -0.39 is 0 Å². The van der Waals surface area contributed by atoms with Crippen LogP contribution >= 0.6 is 23.2 Å². The van der Waals surface area contributed by atoms with Gasteiger partial charge in [0, 0.05) is 0 Å². The topological polar surface area (TPSA) is 40.5 Å². The molecule has 0 saturated carbocycles. The highest BCUT2D eigenvalue weighted by Crippen LogP contribution is 1.87. The maximum absolute atomic E-state index is 8.01. The average molecular weight is 189 g/mol. The highest BCUT2D eigenvalue weighted by Gasteiger charge is 1.85. The van der Waals surface area contributed by atoms with E-state index in [4.69, 9.17) is 33.4 Å². The van der Waals surface area contributed by atoms with E-state index in [1.807, 2.05) is 0 Å². The van der Waals surface area contributed by atoms with Crippen LogP contribution in [0.25, 0.3) is 0 Å². The van der Waals surface area contributed by atoms with Gasteiger partial charge in [-0.2, -0.15) is 0 Å². The van der Waals surface area contributed by atoms with Crippen molar-refractivity contribution < 1.29 is 10.2 Å². The Morgan fingerprint density at radius 3 is 1.10 bits per heavy atom. The van der Waals surface area contributed by atoms with Gasteiger partial charge in [0.15, 0.2) is 0 Å². The molecule has 2 N–H and O–H groups in total. The molecule has 0 amide bonds. The van der Waals surface area contributed by atoms with Crippen LogP contribution in [0.15, 0.2) is 0 Å². The molecule has 2 unspecified atom stereocenters. The summed E-state index contributed by atoms with van der Waals surface area (Å²) in [5.41, 5.74) is 0. The Labute approximate surface area is 71.8 Å².